The molecule has 32 heavy (non-hydrogen) atoms. The molecule has 0 bridgehead atoms. The van der Waals surface area contributed by atoms with E-state index in [-0.39, 0.29) is 6.04 Å². The lowest BCUT2D eigenvalue weighted by Gasteiger charge is -2.43. The number of benzene rings is 3. The molecule has 5 rings (SSSR count). The Bertz CT molecular complexity index is 1100. The molecule has 1 saturated heterocycles. The Morgan fingerprint density at radius 1 is 0.906 bits per heavy atom. The second-order valence-electron chi connectivity index (χ2n) is 8.45. The van der Waals surface area contributed by atoms with Gasteiger partial charge in [0.15, 0.2) is 11.5 Å². The normalized spacial score (nSPS) is 18.2. The van der Waals surface area contributed by atoms with Crippen LogP contribution in [0, 0.1) is 6.92 Å². The van der Waals surface area contributed by atoms with Crippen LogP contribution in [0.1, 0.15) is 22.7 Å². The van der Waals surface area contributed by atoms with Crippen molar-refractivity contribution in [2.24, 2.45) is 0 Å². The fraction of sp³-hybridized carbons (Fsp3) is 0.308. The summed E-state index contributed by atoms with van der Waals surface area (Å²) in [5.41, 5.74) is 4.77. The molecule has 0 radical (unpaired) electrons. The van der Waals surface area contributed by atoms with Gasteiger partial charge in [0.05, 0.1) is 16.8 Å². The quantitative estimate of drug-likeness (QED) is 0.449. The molecule has 1 atom stereocenters. The number of aryl methyl sites for hydroxylation is 1. The van der Waals surface area contributed by atoms with Gasteiger partial charge in [-0.15, -0.1) is 0 Å². The van der Waals surface area contributed by atoms with Crippen LogP contribution in [0.25, 0.3) is 0 Å². The lowest BCUT2D eigenvalue weighted by molar-refractivity contribution is 0.174. The maximum atomic E-state index is 6.67. The van der Waals surface area contributed by atoms with Crippen LogP contribution in [0.3, 0.4) is 0 Å². The number of hydrogen-bond acceptors (Lipinski definition) is 4. The van der Waals surface area contributed by atoms with E-state index in [0.29, 0.717) is 6.79 Å². The summed E-state index contributed by atoms with van der Waals surface area (Å²) in [4.78, 5) is 4.96. The number of hydrogen-bond donors (Lipinski definition) is 0. The van der Waals surface area contributed by atoms with E-state index in [1.807, 2.05) is 24.3 Å². The Kier molecular flexibility index (Phi) is 6.18. The van der Waals surface area contributed by atoms with Crippen molar-refractivity contribution >= 4 is 28.9 Å². The SMILES string of the molecule is Cc1ccc(N2CCN(CCc3ccc4c(c3)OCO4)C[C@H]2c2ccc(Cl)cc2)c(Cl)c1. The van der Waals surface area contributed by atoms with Crippen LogP contribution < -0.4 is 14.4 Å². The third-order valence-electron chi connectivity index (χ3n) is 6.29. The van der Waals surface area contributed by atoms with Crippen molar-refractivity contribution in [3.63, 3.8) is 0 Å². The van der Waals surface area contributed by atoms with Gasteiger partial charge in [-0.05, 0) is 66.4 Å². The first-order chi connectivity index (χ1) is 15.6. The number of nitrogens with zero attached hydrogens (tertiary/aromatic N) is 2. The lowest BCUT2D eigenvalue weighted by Crippen LogP contribution is -2.49. The summed E-state index contributed by atoms with van der Waals surface area (Å²) in [5.74, 6) is 1.68. The third-order valence-corrected chi connectivity index (χ3v) is 6.84. The highest BCUT2D eigenvalue weighted by atomic mass is 35.5. The van der Waals surface area contributed by atoms with E-state index in [1.165, 1.54) is 16.7 Å². The molecule has 166 valence electrons. The van der Waals surface area contributed by atoms with Crippen LogP contribution in [-0.4, -0.2) is 37.9 Å². The summed E-state index contributed by atoms with van der Waals surface area (Å²) in [6, 6.07) is 21.0. The van der Waals surface area contributed by atoms with Crippen molar-refractivity contribution in [3.8, 4) is 11.5 Å². The summed E-state index contributed by atoms with van der Waals surface area (Å²) in [5, 5.41) is 1.56. The first kappa shape index (κ1) is 21.4. The first-order valence-corrected chi connectivity index (χ1v) is 11.7. The average Bonchev–Trinajstić information content (AvgIpc) is 3.26. The molecule has 2 aliphatic rings. The Morgan fingerprint density at radius 2 is 1.72 bits per heavy atom. The molecule has 3 aromatic rings. The van der Waals surface area contributed by atoms with Crippen molar-refractivity contribution in [1.29, 1.82) is 0 Å². The van der Waals surface area contributed by atoms with Gasteiger partial charge in [0.1, 0.15) is 0 Å². The molecule has 0 saturated carbocycles. The van der Waals surface area contributed by atoms with Crippen molar-refractivity contribution in [3.05, 3.63) is 87.4 Å². The van der Waals surface area contributed by atoms with Crippen LogP contribution in [-0.2, 0) is 6.42 Å². The third kappa shape index (κ3) is 4.54. The topological polar surface area (TPSA) is 24.9 Å². The zero-order chi connectivity index (χ0) is 22.1. The summed E-state index contributed by atoms with van der Waals surface area (Å²) in [7, 11) is 0. The number of fused-ring (bicyclic) bond motifs is 1. The van der Waals surface area contributed by atoms with Crippen molar-refractivity contribution in [2.75, 3.05) is 37.9 Å². The molecular weight excluding hydrogens is 443 g/mol. The highest BCUT2D eigenvalue weighted by Gasteiger charge is 2.29. The Labute approximate surface area is 199 Å². The summed E-state index contributed by atoms with van der Waals surface area (Å²) in [6.07, 6.45) is 0.968. The van der Waals surface area contributed by atoms with E-state index in [2.05, 4.69) is 53.1 Å². The van der Waals surface area contributed by atoms with Crippen molar-refractivity contribution in [2.45, 2.75) is 19.4 Å². The van der Waals surface area contributed by atoms with Crippen LogP contribution in [0.2, 0.25) is 10.0 Å². The molecule has 2 aliphatic heterocycles. The molecule has 4 nitrogen and oxygen atoms in total. The lowest BCUT2D eigenvalue weighted by atomic mass is 10.0. The van der Waals surface area contributed by atoms with Gasteiger partial charge in [-0.2, -0.15) is 0 Å². The molecule has 1 fully saturated rings. The molecule has 2 heterocycles. The molecule has 0 N–H and O–H groups in total. The summed E-state index contributed by atoms with van der Waals surface area (Å²) in [6.45, 7) is 6.19. The van der Waals surface area contributed by atoms with E-state index < -0.39 is 0 Å². The highest BCUT2D eigenvalue weighted by molar-refractivity contribution is 6.33. The molecule has 0 aliphatic carbocycles. The van der Waals surface area contributed by atoms with E-state index >= 15 is 0 Å². The smallest absolute Gasteiger partial charge is 0.231 e. The van der Waals surface area contributed by atoms with Crippen LogP contribution in [0.4, 0.5) is 5.69 Å². The molecule has 0 unspecified atom stereocenters. The predicted octanol–water partition coefficient (Wildman–Crippen LogP) is 6.14. The Balaban J connectivity index is 1.34. The van der Waals surface area contributed by atoms with E-state index in [1.54, 1.807) is 0 Å². The molecule has 0 aromatic heterocycles. The maximum Gasteiger partial charge on any atom is 0.231 e. The summed E-state index contributed by atoms with van der Waals surface area (Å²) < 4.78 is 11.0. The van der Waals surface area contributed by atoms with Crippen molar-refractivity contribution in [1.82, 2.24) is 4.90 Å². The zero-order valence-corrected chi connectivity index (χ0v) is 19.6. The zero-order valence-electron chi connectivity index (χ0n) is 18.1. The van der Waals surface area contributed by atoms with Gasteiger partial charge in [0.2, 0.25) is 6.79 Å². The second kappa shape index (κ2) is 9.22. The monoisotopic (exact) mass is 468 g/mol. The Hall–Kier alpha value is -2.40. The van der Waals surface area contributed by atoms with Gasteiger partial charge in [-0.25, -0.2) is 0 Å². The molecule has 6 heteroatoms. The summed E-state index contributed by atoms with van der Waals surface area (Å²) >= 11 is 12.8. The largest absolute Gasteiger partial charge is 0.454 e. The number of piperazine rings is 1. The molecule has 3 aromatic carbocycles. The fourth-order valence-electron chi connectivity index (χ4n) is 4.53. The van der Waals surface area contributed by atoms with Gasteiger partial charge in [-0.1, -0.05) is 47.5 Å². The van der Waals surface area contributed by atoms with Crippen LogP contribution in [0.15, 0.2) is 60.7 Å². The van der Waals surface area contributed by atoms with Crippen LogP contribution >= 0.6 is 23.2 Å². The van der Waals surface area contributed by atoms with Gasteiger partial charge >= 0.3 is 0 Å². The maximum absolute atomic E-state index is 6.67. The van der Waals surface area contributed by atoms with Crippen molar-refractivity contribution < 1.29 is 9.47 Å². The highest BCUT2D eigenvalue weighted by Crippen LogP contribution is 2.36. The standard InChI is InChI=1S/C26H26Cl2N2O2/c1-18-2-8-23(22(28)14-18)30-13-12-29(16-24(30)20-4-6-21(27)7-5-20)11-10-19-3-9-25-26(15-19)32-17-31-25/h2-9,14-15,24H,10-13,16-17H2,1H3/t24-/m0/s1. The van der Waals surface area contributed by atoms with Gasteiger partial charge in [0, 0.05) is 31.2 Å². The van der Waals surface area contributed by atoms with Gasteiger partial charge in [-0.3, -0.25) is 4.90 Å². The average molecular weight is 469 g/mol. The molecule has 0 spiro atoms. The minimum absolute atomic E-state index is 0.206. The number of anilines is 1. The Morgan fingerprint density at radius 3 is 2.53 bits per heavy atom. The first-order valence-electron chi connectivity index (χ1n) is 11.0. The minimum atomic E-state index is 0.206. The number of rotatable bonds is 5. The van der Waals surface area contributed by atoms with Gasteiger partial charge in [0.25, 0.3) is 0 Å². The van der Waals surface area contributed by atoms with E-state index in [4.69, 9.17) is 32.7 Å². The number of ether oxygens (including phenoxy) is 2. The van der Waals surface area contributed by atoms with E-state index in [9.17, 15) is 0 Å². The minimum Gasteiger partial charge on any atom is -0.454 e. The van der Waals surface area contributed by atoms with Crippen LogP contribution in [0.5, 0.6) is 11.5 Å². The fourth-order valence-corrected chi connectivity index (χ4v) is 5.00. The second-order valence-corrected chi connectivity index (χ2v) is 9.30. The number of halogens is 2. The molecule has 0 amide bonds. The van der Waals surface area contributed by atoms with E-state index in [0.717, 1.165) is 59.8 Å². The predicted molar refractivity (Wildman–Crippen MR) is 130 cm³/mol. The molecular formula is C26H26Cl2N2O2. The van der Waals surface area contributed by atoms with Gasteiger partial charge < -0.3 is 14.4 Å².